The van der Waals surface area contributed by atoms with E-state index in [1.54, 1.807) is 42.8 Å². The maximum atomic E-state index is 13.3. The molecule has 2 heterocycles. The molecule has 1 amide bonds. The second-order valence-corrected chi connectivity index (χ2v) is 8.76. The summed E-state index contributed by atoms with van der Waals surface area (Å²) in [5.41, 5.74) is 3.88. The van der Waals surface area contributed by atoms with Gasteiger partial charge in [0, 0.05) is 0 Å². The molecule has 1 aromatic heterocycles. The molecule has 1 fully saturated rings. The van der Waals surface area contributed by atoms with Gasteiger partial charge in [-0.2, -0.15) is 5.10 Å². The van der Waals surface area contributed by atoms with Crippen molar-refractivity contribution in [3.63, 3.8) is 0 Å². The Morgan fingerprint density at radius 3 is 2.29 bits per heavy atom. The molecular formula is C28H20FN3O2S. The maximum absolute atomic E-state index is 13.3. The van der Waals surface area contributed by atoms with E-state index in [0.717, 1.165) is 22.3 Å². The fourth-order valence-electron chi connectivity index (χ4n) is 3.53. The average Bonchev–Trinajstić information content (AvgIpc) is 3.51. The molecule has 7 heteroatoms. The lowest BCUT2D eigenvalue weighted by Gasteiger charge is -2.12. The molecular weight excluding hydrogens is 461 g/mol. The molecule has 0 saturated carbocycles. The van der Waals surface area contributed by atoms with Gasteiger partial charge in [0.05, 0.1) is 23.9 Å². The van der Waals surface area contributed by atoms with Crippen LogP contribution < -0.4 is 0 Å². The number of carbonyl (C=O) groups is 1. The maximum Gasteiger partial charge on any atom is 0.267 e. The summed E-state index contributed by atoms with van der Waals surface area (Å²) in [6.07, 6.45) is 4.93. The van der Waals surface area contributed by atoms with Crippen LogP contribution in [0.25, 0.3) is 17.2 Å². The van der Waals surface area contributed by atoms with E-state index in [1.807, 2.05) is 42.5 Å². The van der Waals surface area contributed by atoms with Gasteiger partial charge in [-0.3, -0.25) is 9.69 Å². The molecule has 1 aliphatic rings. The monoisotopic (exact) mass is 481 g/mol. The first-order chi connectivity index (χ1) is 17.2. The standard InChI is InChI=1S/C28H20FN3O2S/c29-24-14-10-20(11-15-24)17-26-27(33)32(19-25-7-4-16-34-25)28(35-26)31-30-18-21-8-12-23(13-9-21)22-5-2-1-3-6-22/h1-18H,19H2/b26-17-,30-18+,31-28-. The smallest absolute Gasteiger partial charge is 0.267 e. The highest BCUT2D eigenvalue weighted by molar-refractivity contribution is 8.18. The fourth-order valence-corrected chi connectivity index (χ4v) is 4.46. The van der Waals surface area contributed by atoms with Crippen molar-refractivity contribution >= 4 is 35.1 Å². The zero-order valence-corrected chi connectivity index (χ0v) is 19.4. The Hall–Kier alpha value is -4.23. The average molecular weight is 482 g/mol. The Balaban J connectivity index is 1.37. The predicted octanol–water partition coefficient (Wildman–Crippen LogP) is 6.59. The van der Waals surface area contributed by atoms with Crippen molar-refractivity contribution in [2.75, 3.05) is 0 Å². The van der Waals surface area contributed by atoms with E-state index in [2.05, 4.69) is 22.3 Å². The number of halogens is 1. The molecule has 1 saturated heterocycles. The van der Waals surface area contributed by atoms with Crippen LogP contribution in [0.4, 0.5) is 4.39 Å². The third-order valence-corrected chi connectivity index (χ3v) is 6.31. The highest BCUT2D eigenvalue weighted by Crippen LogP contribution is 2.34. The van der Waals surface area contributed by atoms with Crippen LogP contribution in [0.5, 0.6) is 0 Å². The van der Waals surface area contributed by atoms with Crippen molar-refractivity contribution in [2.45, 2.75) is 6.54 Å². The molecule has 4 aromatic rings. The van der Waals surface area contributed by atoms with Crippen LogP contribution in [0.15, 0.2) is 117 Å². The fraction of sp³-hybridized carbons (Fsp3) is 0.0357. The van der Waals surface area contributed by atoms with Gasteiger partial charge in [0.15, 0.2) is 5.17 Å². The Morgan fingerprint density at radius 1 is 0.857 bits per heavy atom. The first-order valence-corrected chi connectivity index (χ1v) is 11.7. The number of carbonyl (C=O) groups excluding carboxylic acids is 1. The van der Waals surface area contributed by atoms with Gasteiger partial charge >= 0.3 is 0 Å². The Bertz CT molecular complexity index is 1400. The van der Waals surface area contributed by atoms with Gasteiger partial charge in [-0.1, -0.05) is 66.7 Å². The van der Waals surface area contributed by atoms with Gasteiger partial charge < -0.3 is 4.42 Å². The number of thioether (sulfide) groups is 1. The summed E-state index contributed by atoms with van der Waals surface area (Å²) in [6, 6.07) is 27.7. The minimum Gasteiger partial charge on any atom is -0.467 e. The van der Waals surface area contributed by atoms with E-state index in [1.165, 1.54) is 28.8 Å². The normalized spacial score (nSPS) is 16.1. The number of hydrogen-bond acceptors (Lipinski definition) is 5. The molecule has 0 radical (unpaired) electrons. The molecule has 0 bridgehead atoms. The summed E-state index contributed by atoms with van der Waals surface area (Å²) >= 11 is 1.22. The van der Waals surface area contributed by atoms with Crippen LogP contribution in [0.3, 0.4) is 0 Å². The number of nitrogens with zero attached hydrogens (tertiary/aromatic N) is 3. The number of benzene rings is 3. The first-order valence-electron chi connectivity index (χ1n) is 10.9. The van der Waals surface area contributed by atoms with Gasteiger partial charge in [0.1, 0.15) is 11.6 Å². The molecule has 5 nitrogen and oxygen atoms in total. The molecule has 0 aliphatic carbocycles. The first kappa shape index (κ1) is 22.6. The van der Waals surface area contributed by atoms with Gasteiger partial charge in [-0.15, -0.1) is 5.10 Å². The van der Waals surface area contributed by atoms with Gasteiger partial charge in [-0.25, -0.2) is 4.39 Å². The zero-order chi connectivity index (χ0) is 24.0. The summed E-state index contributed by atoms with van der Waals surface area (Å²) in [5.74, 6) is 0.0949. The lowest BCUT2D eigenvalue weighted by molar-refractivity contribution is -0.122. The Kier molecular flexibility index (Phi) is 6.68. The summed E-state index contributed by atoms with van der Waals surface area (Å²) in [5, 5.41) is 9.00. The molecule has 3 aromatic carbocycles. The highest BCUT2D eigenvalue weighted by atomic mass is 32.2. The summed E-state index contributed by atoms with van der Waals surface area (Å²) in [6.45, 7) is 0.236. The summed E-state index contributed by atoms with van der Waals surface area (Å²) < 4.78 is 18.7. The molecule has 0 atom stereocenters. The van der Waals surface area contributed by atoms with Crippen molar-refractivity contribution in [3.8, 4) is 11.1 Å². The lowest BCUT2D eigenvalue weighted by Crippen LogP contribution is -2.28. The van der Waals surface area contributed by atoms with Crippen molar-refractivity contribution in [1.29, 1.82) is 0 Å². The lowest BCUT2D eigenvalue weighted by atomic mass is 10.0. The quantitative estimate of drug-likeness (QED) is 0.177. The predicted molar refractivity (Wildman–Crippen MR) is 138 cm³/mol. The molecule has 0 unspecified atom stereocenters. The van der Waals surface area contributed by atoms with Gasteiger partial charge in [-0.05, 0) is 64.4 Å². The van der Waals surface area contributed by atoms with Crippen LogP contribution >= 0.6 is 11.8 Å². The van der Waals surface area contributed by atoms with E-state index < -0.39 is 0 Å². The third-order valence-electron chi connectivity index (χ3n) is 5.32. The van der Waals surface area contributed by atoms with E-state index >= 15 is 0 Å². The van der Waals surface area contributed by atoms with Crippen LogP contribution in [0.2, 0.25) is 0 Å². The van der Waals surface area contributed by atoms with Crippen LogP contribution in [-0.4, -0.2) is 22.2 Å². The molecule has 172 valence electrons. The second-order valence-electron chi connectivity index (χ2n) is 7.75. The van der Waals surface area contributed by atoms with Crippen LogP contribution in [-0.2, 0) is 11.3 Å². The number of furan rings is 1. The molecule has 0 spiro atoms. The van der Waals surface area contributed by atoms with E-state index in [4.69, 9.17) is 4.42 Å². The second kappa shape index (κ2) is 10.4. The Morgan fingerprint density at radius 2 is 1.57 bits per heavy atom. The van der Waals surface area contributed by atoms with Crippen molar-refractivity contribution in [3.05, 3.63) is 125 Å². The largest absolute Gasteiger partial charge is 0.467 e. The molecule has 5 rings (SSSR count). The third kappa shape index (κ3) is 5.47. The number of amidine groups is 1. The molecule has 1 aliphatic heterocycles. The minimum atomic E-state index is -0.328. The van der Waals surface area contributed by atoms with E-state index in [9.17, 15) is 9.18 Å². The summed E-state index contributed by atoms with van der Waals surface area (Å²) in [7, 11) is 0. The highest BCUT2D eigenvalue weighted by Gasteiger charge is 2.34. The number of amides is 1. The number of hydrogen-bond donors (Lipinski definition) is 0. The van der Waals surface area contributed by atoms with Crippen molar-refractivity contribution in [1.82, 2.24) is 4.90 Å². The van der Waals surface area contributed by atoms with E-state index in [-0.39, 0.29) is 18.3 Å². The minimum absolute atomic E-state index is 0.211. The summed E-state index contributed by atoms with van der Waals surface area (Å²) in [4.78, 5) is 15.1. The van der Waals surface area contributed by atoms with Gasteiger partial charge in [0.2, 0.25) is 0 Å². The van der Waals surface area contributed by atoms with Crippen LogP contribution in [0.1, 0.15) is 16.9 Å². The Labute approximate surface area is 206 Å². The topological polar surface area (TPSA) is 58.2 Å². The molecule has 35 heavy (non-hydrogen) atoms. The number of rotatable bonds is 6. The SMILES string of the molecule is O=C1/C(=C/c2ccc(F)cc2)S/C(=N\N=C\c2ccc(-c3ccccc3)cc2)N1Cc1ccco1. The molecule has 0 N–H and O–H groups in total. The van der Waals surface area contributed by atoms with Crippen molar-refractivity contribution in [2.24, 2.45) is 10.2 Å². The van der Waals surface area contributed by atoms with E-state index in [0.29, 0.717) is 15.8 Å². The van der Waals surface area contributed by atoms with Gasteiger partial charge in [0.25, 0.3) is 5.91 Å². The zero-order valence-electron chi connectivity index (χ0n) is 18.5. The van der Waals surface area contributed by atoms with Crippen molar-refractivity contribution < 1.29 is 13.6 Å². The van der Waals surface area contributed by atoms with Crippen LogP contribution in [0, 0.1) is 5.82 Å².